The number of halogens is 1. The van der Waals surface area contributed by atoms with Crippen LogP contribution < -0.4 is 5.32 Å². The molecule has 0 bridgehead atoms. The van der Waals surface area contributed by atoms with Crippen molar-refractivity contribution in [2.75, 3.05) is 11.9 Å². The van der Waals surface area contributed by atoms with Gasteiger partial charge in [0.25, 0.3) is 0 Å². The molecule has 1 heterocycles. The van der Waals surface area contributed by atoms with Gasteiger partial charge >= 0.3 is 5.69 Å². The number of nitrogens with zero attached hydrogens (tertiary/aromatic N) is 2. The summed E-state index contributed by atoms with van der Waals surface area (Å²) in [6.07, 6.45) is 7.88. The quantitative estimate of drug-likeness (QED) is 0.282. The first-order valence-electron chi connectivity index (χ1n) is 4.63. The van der Waals surface area contributed by atoms with Crippen LogP contribution in [0.25, 0.3) is 0 Å². The summed E-state index contributed by atoms with van der Waals surface area (Å²) >= 11 is 5.64. The Balaban J connectivity index is 2.76. The Morgan fingerprint density at radius 2 is 2.44 bits per heavy atom. The summed E-state index contributed by atoms with van der Waals surface area (Å²) in [5.41, 5.74) is 0.159. The molecule has 0 aliphatic rings. The maximum absolute atomic E-state index is 10.7. The fourth-order valence-electron chi connectivity index (χ4n) is 1.16. The third kappa shape index (κ3) is 3.11. The van der Waals surface area contributed by atoms with Crippen molar-refractivity contribution >= 4 is 23.0 Å². The Hall–Kier alpha value is -1.80. The van der Waals surface area contributed by atoms with E-state index in [9.17, 15) is 10.1 Å². The molecule has 0 radical (unpaired) electrons. The number of anilines is 1. The average Bonchev–Trinajstić information content (AvgIpc) is 2.24. The second-order valence-electron chi connectivity index (χ2n) is 2.99. The van der Waals surface area contributed by atoms with Gasteiger partial charge in [0.05, 0.1) is 4.92 Å². The van der Waals surface area contributed by atoms with E-state index in [-0.39, 0.29) is 10.8 Å². The van der Waals surface area contributed by atoms with E-state index in [1.807, 2.05) is 0 Å². The Labute approximate surface area is 98.0 Å². The molecule has 0 aliphatic carbocycles. The molecule has 0 unspecified atom stereocenters. The van der Waals surface area contributed by atoms with Crippen molar-refractivity contribution in [1.29, 1.82) is 0 Å². The molecular formula is C10H10ClN3O2. The molecule has 0 amide bonds. The SMILES string of the molecule is C#CCCCNc1ccnc(Cl)c1[N+](=O)[O-]. The molecule has 0 fully saturated rings. The van der Waals surface area contributed by atoms with Gasteiger partial charge in [0.2, 0.25) is 5.15 Å². The minimum Gasteiger partial charge on any atom is -0.379 e. The summed E-state index contributed by atoms with van der Waals surface area (Å²) in [6, 6.07) is 1.51. The second-order valence-corrected chi connectivity index (χ2v) is 3.35. The Morgan fingerprint density at radius 3 is 3.06 bits per heavy atom. The predicted octanol–water partition coefficient (Wildman–Crippen LogP) is 2.47. The topological polar surface area (TPSA) is 68.1 Å². The van der Waals surface area contributed by atoms with E-state index >= 15 is 0 Å². The van der Waals surface area contributed by atoms with Gasteiger partial charge in [0.1, 0.15) is 5.69 Å². The van der Waals surface area contributed by atoms with Crippen molar-refractivity contribution in [2.24, 2.45) is 0 Å². The van der Waals surface area contributed by atoms with Crippen molar-refractivity contribution in [3.05, 3.63) is 27.5 Å². The molecule has 1 aromatic heterocycles. The molecule has 16 heavy (non-hydrogen) atoms. The summed E-state index contributed by atoms with van der Waals surface area (Å²) in [5.74, 6) is 2.49. The Bertz CT molecular complexity index is 429. The highest BCUT2D eigenvalue weighted by Gasteiger charge is 2.18. The van der Waals surface area contributed by atoms with Gasteiger partial charge in [-0.25, -0.2) is 4.98 Å². The van der Waals surface area contributed by atoms with Crippen molar-refractivity contribution < 1.29 is 4.92 Å². The van der Waals surface area contributed by atoms with Crippen LogP contribution in [0.5, 0.6) is 0 Å². The van der Waals surface area contributed by atoms with Gasteiger partial charge in [-0.15, -0.1) is 12.3 Å². The molecular weight excluding hydrogens is 230 g/mol. The standard InChI is InChI=1S/C10H10ClN3O2/c1-2-3-4-6-12-8-5-7-13-10(11)9(8)14(15)16/h1,5,7H,3-4,6H2,(H,12,13). The van der Waals surface area contributed by atoms with E-state index in [4.69, 9.17) is 18.0 Å². The molecule has 0 saturated heterocycles. The van der Waals surface area contributed by atoms with Crippen LogP contribution in [0.4, 0.5) is 11.4 Å². The summed E-state index contributed by atoms with van der Waals surface area (Å²) < 4.78 is 0. The molecule has 84 valence electrons. The lowest BCUT2D eigenvalue weighted by atomic mass is 10.3. The van der Waals surface area contributed by atoms with Crippen molar-refractivity contribution in [1.82, 2.24) is 4.98 Å². The van der Waals surface area contributed by atoms with Crippen LogP contribution in [-0.4, -0.2) is 16.5 Å². The average molecular weight is 240 g/mol. The smallest absolute Gasteiger partial charge is 0.329 e. The molecule has 1 N–H and O–H groups in total. The molecule has 0 saturated carbocycles. The first-order valence-corrected chi connectivity index (χ1v) is 5.01. The zero-order valence-electron chi connectivity index (χ0n) is 8.44. The summed E-state index contributed by atoms with van der Waals surface area (Å²) in [4.78, 5) is 13.8. The third-order valence-corrected chi connectivity index (χ3v) is 2.15. The van der Waals surface area contributed by atoms with E-state index < -0.39 is 4.92 Å². The molecule has 0 aromatic carbocycles. The molecule has 0 aliphatic heterocycles. The minimum absolute atomic E-state index is 0.119. The molecule has 6 heteroatoms. The number of terminal acetylenes is 1. The number of nitro groups is 1. The van der Waals surface area contributed by atoms with Crippen LogP contribution in [0.15, 0.2) is 12.3 Å². The monoisotopic (exact) mass is 239 g/mol. The number of hydrogen-bond acceptors (Lipinski definition) is 4. The number of hydrogen-bond donors (Lipinski definition) is 1. The van der Waals surface area contributed by atoms with Crippen LogP contribution in [0.2, 0.25) is 5.15 Å². The number of unbranched alkanes of at least 4 members (excludes halogenated alkanes) is 1. The van der Waals surface area contributed by atoms with Gasteiger partial charge in [-0.3, -0.25) is 10.1 Å². The van der Waals surface area contributed by atoms with Crippen molar-refractivity contribution in [3.8, 4) is 12.3 Å². The van der Waals surface area contributed by atoms with Crippen LogP contribution >= 0.6 is 11.6 Å². The molecule has 0 atom stereocenters. The highest BCUT2D eigenvalue weighted by molar-refractivity contribution is 6.32. The minimum atomic E-state index is -0.557. The lowest BCUT2D eigenvalue weighted by molar-refractivity contribution is -0.384. The maximum atomic E-state index is 10.7. The van der Waals surface area contributed by atoms with E-state index in [1.54, 1.807) is 0 Å². The molecule has 5 nitrogen and oxygen atoms in total. The third-order valence-electron chi connectivity index (χ3n) is 1.88. The van der Waals surface area contributed by atoms with Crippen LogP contribution in [0.3, 0.4) is 0 Å². The van der Waals surface area contributed by atoms with Crippen molar-refractivity contribution in [3.63, 3.8) is 0 Å². The largest absolute Gasteiger partial charge is 0.379 e. The predicted molar refractivity (Wildman–Crippen MR) is 62.5 cm³/mol. The zero-order valence-corrected chi connectivity index (χ0v) is 9.20. The van der Waals surface area contributed by atoms with Crippen molar-refractivity contribution in [2.45, 2.75) is 12.8 Å². The van der Waals surface area contributed by atoms with E-state index in [1.165, 1.54) is 12.3 Å². The van der Waals surface area contributed by atoms with Gasteiger partial charge in [0, 0.05) is 19.2 Å². The van der Waals surface area contributed by atoms with Gasteiger partial charge in [-0.2, -0.15) is 0 Å². The van der Waals surface area contributed by atoms with Gasteiger partial charge in [-0.1, -0.05) is 11.6 Å². The number of aromatic nitrogens is 1. The normalized spacial score (nSPS) is 9.50. The summed E-state index contributed by atoms with van der Waals surface area (Å²) in [7, 11) is 0. The van der Waals surface area contributed by atoms with Gasteiger partial charge in [0.15, 0.2) is 0 Å². The Kier molecular flexibility index (Phi) is 4.55. The van der Waals surface area contributed by atoms with Crippen LogP contribution in [-0.2, 0) is 0 Å². The van der Waals surface area contributed by atoms with E-state index in [0.29, 0.717) is 18.7 Å². The summed E-state index contributed by atoms with van der Waals surface area (Å²) in [5, 5.41) is 13.5. The lowest BCUT2D eigenvalue weighted by Gasteiger charge is -2.05. The summed E-state index contributed by atoms with van der Waals surface area (Å²) in [6.45, 7) is 0.561. The van der Waals surface area contributed by atoms with Gasteiger partial charge < -0.3 is 5.32 Å². The fraction of sp³-hybridized carbons (Fsp3) is 0.300. The van der Waals surface area contributed by atoms with Crippen LogP contribution in [0.1, 0.15) is 12.8 Å². The molecule has 1 rings (SSSR count). The van der Waals surface area contributed by atoms with E-state index in [0.717, 1.165) is 6.42 Å². The van der Waals surface area contributed by atoms with E-state index in [2.05, 4.69) is 16.2 Å². The number of rotatable bonds is 5. The lowest BCUT2D eigenvalue weighted by Crippen LogP contribution is -2.05. The number of pyridine rings is 1. The van der Waals surface area contributed by atoms with Gasteiger partial charge in [-0.05, 0) is 12.5 Å². The molecule has 1 aromatic rings. The highest BCUT2D eigenvalue weighted by Crippen LogP contribution is 2.30. The fourth-order valence-corrected chi connectivity index (χ4v) is 1.39. The first-order chi connectivity index (χ1) is 7.66. The Morgan fingerprint density at radius 1 is 1.69 bits per heavy atom. The highest BCUT2D eigenvalue weighted by atomic mass is 35.5. The molecule has 0 spiro atoms. The maximum Gasteiger partial charge on any atom is 0.329 e. The zero-order chi connectivity index (χ0) is 12.0. The van der Waals surface area contributed by atoms with Crippen LogP contribution in [0, 0.1) is 22.5 Å². The number of nitrogens with one attached hydrogen (secondary N) is 1. The first kappa shape index (κ1) is 12.3. The second kappa shape index (κ2) is 5.93.